The zero-order valence-corrected chi connectivity index (χ0v) is 12.0. The molecule has 0 bridgehead atoms. The van der Waals surface area contributed by atoms with Crippen LogP contribution in [0.25, 0.3) is 0 Å². The largest absolute Gasteiger partial charge is 0.366 e. The molecule has 2 unspecified atom stereocenters. The van der Waals surface area contributed by atoms with Crippen molar-refractivity contribution in [3.05, 3.63) is 33.9 Å². The number of rotatable bonds is 4. The fraction of sp³-hybridized carbons (Fsp3) is 0.500. The highest BCUT2D eigenvalue weighted by Crippen LogP contribution is 2.34. The molecule has 1 aromatic rings. The number of carbonyl (C=O) groups excluding carboxylic acids is 1. The lowest BCUT2D eigenvalue weighted by Gasteiger charge is -2.39. The van der Waals surface area contributed by atoms with Gasteiger partial charge < -0.3 is 16.4 Å². The number of hydrogen-bond donors (Lipinski definition) is 2. The number of amides is 1. The van der Waals surface area contributed by atoms with Crippen molar-refractivity contribution in [2.24, 2.45) is 11.5 Å². The molecular weight excluding hydrogens is 272 g/mol. The molecule has 1 amide bonds. The second-order valence-electron chi connectivity index (χ2n) is 5.44. The molecule has 4 N–H and O–H groups in total. The number of nitrogens with two attached hydrogens (primary N) is 2. The van der Waals surface area contributed by atoms with Gasteiger partial charge in [-0.25, -0.2) is 0 Å². The molecule has 21 heavy (non-hydrogen) atoms. The molecule has 1 fully saturated rings. The van der Waals surface area contributed by atoms with Gasteiger partial charge >= 0.3 is 0 Å². The summed E-state index contributed by atoms with van der Waals surface area (Å²) in [6, 6.07) is 4.35. The summed E-state index contributed by atoms with van der Waals surface area (Å²) in [7, 11) is 0. The smallest absolute Gasteiger partial charge is 0.293 e. The Kier molecular flexibility index (Phi) is 4.42. The SMILES string of the molecule is CC(N)C1CCCCN1c1ccc(C(N)=O)cc1[N+](=O)[O-]. The van der Waals surface area contributed by atoms with Gasteiger partial charge in [0.05, 0.1) is 4.92 Å². The first-order valence-corrected chi connectivity index (χ1v) is 7.02. The van der Waals surface area contributed by atoms with Crippen LogP contribution in [-0.4, -0.2) is 29.5 Å². The number of hydrogen-bond acceptors (Lipinski definition) is 5. The molecule has 7 heteroatoms. The number of anilines is 1. The summed E-state index contributed by atoms with van der Waals surface area (Å²) in [4.78, 5) is 24.0. The Balaban J connectivity index is 2.46. The predicted molar refractivity (Wildman–Crippen MR) is 80.2 cm³/mol. The minimum Gasteiger partial charge on any atom is -0.366 e. The molecule has 0 aromatic heterocycles. The summed E-state index contributed by atoms with van der Waals surface area (Å²) >= 11 is 0. The van der Waals surface area contributed by atoms with Gasteiger partial charge in [0.15, 0.2) is 0 Å². The summed E-state index contributed by atoms with van der Waals surface area (Å²) in [5.74, 6) is -0.674. The van der Waals surface area contributed by atoms with Crippen LogP contribution in [0.3, 0.4) is 0 Å². The molecule has 7 nitrogen and oxygen atoms in total. The van der Waals surface area contributed by atoms with Crippen LogP contribution in [0.15, 0.2) is 18.2 Å². The molecule has 0 saturated carbocycles. The van der Waals surface area contributed by atoms with Crippen LogP contribution in [0.4, 0.5) is 11.4 Å². The molecule has 1 aliphatic heterocycles. The topological polar surface area (TPSA) is 115 Å². The van der Waals surface area contributed by atoms with Gasteiger partial charge in [0, 0.05) is 30.3 Å². The van der Waals surface area contributed by atoms with E-state index in [2.05, 4.69) is 0 Å². The van der Waals surface area contributed by atoms with Crippen molar-refractivity contribution < 1.29 is 9.72 Å². The maximum absolute atomic E-state index is 11.3. The normalized spacial score (nSPS) is 20.1. The van der Waals surface area contributed by atoms with Gasteiger partial charge in [-0.3, -0.25) is 14.9 Å². The number of benzene rings is 1. The van der Waals surface area contributed by atoms with Gasteiger partial charge in [0.1, 0.15) is 5.69 Å². The fourth-order valence-corrected chi connectivity index (χ4v) is 2.87. The molecule has 2 atom stereocenters. The van der Waals surface area contributed by atoms with E-state index in [0.29, 0.717) is 5.69 Å². The van der Waals surface area contributed by atoms with Gasteiger partial charge in [-0.15, -0.1) is 0 Å². The standard InChI is InChI=1S/C14H20N4O3/c1-9(15)11-4-2-3-7-17(11)12-6-5-10(14(16)19)8-13(12)18(20)21/h5-6,8-9,11H,2-4,7,15H2,1H3,(H2,16,19). The third kappa shape index (κ3) is 3.13. The van der Waals surface area contributed by atoms with Crippen molar-refractivity contribution >= 4 is 17.3 Å². The van der Waals surface area contributed by atoms with Crippen LogP contribution < -0.4 is 16.4 Å². The number of piperidine rings is 1. The minimum atomic E-state index is -0.674. The number of nitro benzene ring substituents is 1. The number of nitro groups is 1. The number of carbonyl (C=O) groups is 1. The first kappa shape index (κ1) is 15.2. The third-order valence-electron chi connectivity index (χ3n) is 3.92. The average molecular weight is 292 g/mol. The van der Waals surface area contributed by atoms with E-state index in [1.165, 1.54) is 12.1 Å². The van der Waals surface area contributed by atoms with Crippen LogP contribution in [0, 0.1) is 10.1 Å². The van der Waals surface area contributed by atoms with Gasteiger partial charge in [0.2, 0.25) is 5.91 Å². The lowest BCUT2D eigenvalue weighted by Crippen LogP contribution is -2.49. The van der Waals surface area contributed by atoms with Gasteiger partial charge in [-0.05, 0) is 38.3 Å². The molecular formula is C14H20N4O3. The summed E-state index contributed by atoms with van der Waals surface area (Å²) in [6.07, 6.45) is 2.94. The second-order valence-corrected chi connectivity index (χ2v) is 5.44. The molecule has 1 heterocycles. The van der Waals surface area contributed by atoms with E-state index in [9.17, 15) is 14.9 Å². The summed E-state index contributed by atoms with van der Waals surface area (Å²) in [5.41, 5.74) is 11.8. The Morgan fingerprint density at radius 1 is 1.48 bits per heavy atom. The minimum absolute atomic E-state index is 0.0666. The van der Waals surface area contributed by atoms with E-state index in [-0.39, 0.29) is 23.3 Å². The maximum atomic E-state index is 11.3. The highest BCUT2D eigenvalue weighted by atomic mass is 16.6. The summed E-state index contributed by atoms with van der Waals surface area (Å²) < 4.78 is 0. The van der Waals surface area contributed by atoms with E-state index in [0.717, 1.165) is 25.8 Å². The van der Waals surface area contributed by atoms with E-state index < -0.39 is 10.8 Å². The Morgan fingerprint density at radius 3 is 2.76 bits per heavy atom. The maximum Gasteiger partial charge on any atom is 0.293 e. The van der Waals surface area contributed by atoms with E-state index in [1.54, 1.807) is 6.07 Å². The molecule has 0 radical (unpaired) electrons. The van der Waals surface area contributed by atoms with Crippen molar-refractivity contribution in [3.63, 3.8) is 0 Å². The van der Waals surface area contributed by atoms with Crippen LogP contribution >= 0.6 is 0 Å². The van der Waals surface area contributed by atoms with Crippen molar-refractivity contribution in [1.82, 2.24) is 0 Å². The zero-order chi connectivity index (χ0) is 15.6. The summed E-state index contributed by atoms with van der Waals surface area (Å²) in [5, 5.41) is 11.3. The Morgan fingerprint density at radius 2 is 2.19 bits per heavy atom. The zero-order valence-electron chi connectivity index (χ0n) is 12.0. The lowest BCUT2D eigenvalue weighted by atomic mass is 9.95. The van der Waals surface area contributed by atoms with E-state index in [4.69, 9.17) is 11.5 Å². The van der Waals surface area contributed by atoms with Crippen LogP contribution in [0.2, 0.25) is 0 Å². The Labute approximate surface area is 123 Å². The molecule has 1 aromatic carbocycles. The van der Waals surface area contributed by atoms with E-state index in [1.807, 2.05) is 11.8 Å². The van der Waals surface area contributed by atoms with Gasteiger partial charge in [0.25, 0.3) is 5.69 Å². The first-order valence-electron chi connectivity index (χ1n) is 7.02. The fourth-order valence-electron chi connectivity index (χ4n) is 2.87. The highest BCUT2D eigenvalue weighted by Gasteiger charge is 2.30. The number of nitrogens with zero attached hydrogens (tertiary/aromatic N) is 2. The quantitative estimate of drug-likeness (QED) is 0.642. The Hall–Kier alpha value is -2.15. The monoisotopic (exact) mass is 292 g/mol. The van der Waals surface area contributed by atoms with Crippen molar-refractivity contribution in [1.29, 1.82) is 0 Å². The first-order chi connectivity index (χ1) is 9.91. The molecule has 2 rings (SSSR count). The predicted octanol–water partition coefficient (Wildman–Crippen LogP) is 1.40. The molecule has 1 aliphatic rings. The van der Waals surface area contributed by atoms with Crippen molar-refractivity contribution in [2.45, 2.75) is 38.3 Å². The molecule has 114 valence electrons. The second kappa shape index (κ2) is 6.09. The van der Waals surface area contributed by atoms with Crippen LogP contribution in [-0.2, 0) is 0 Å². The van der Waals surface area contributed by atoms with Crippen molar-refractivity contribution in [3.8, 4) is 0 Å². The molecule has 0 aliphatic carbocycles. The van der Waals surface area contributed by atoms with Crippen molar-refractivity contribution in [2.75, 3.05) is 11.4 Å². The lowest BCUT2D eigenvalue weighted by molar-refractivity contribution is -0.384. The van der Waals surface area contributed by atoms with Gasteiger partial charge in [-0.1, -0.05) is 0 Å². The molecule has 0 spiro atoms. The molecule has 1 saturated heterocycles. The van der Waals surface area contributed by atoms with E-state index >= 15 is 0 Å². The highest BCUT2D eigenvalue weighted by molar-refractivity contribution is 5.94. The average Bonchev–Trinajstić information content (AvgIpc) is 2.46. The van der Waals surface area contributed by atoms with Crippen LogP contribution in [0.5, 0.6) is 0 Å². The number of primary amides is 1. The third-order valence-corrected chi connectivity index (χ3v) is 3.92. The summed E-state index contributed by atoms with van der Waals surface area (Å²) in [6.45, 7) is 2.63. The van der Waals surface area contributed by atoms with Crippen LogP contribution in [0.1, 0.15) is 36.5 Å². The van der Waals surface area contributed by atoms with Gasteiger partial charge in [-0.2, -0.15) is 0 Å². The Bertz CT molecular complexity index is 559.